The van der Waals surface area contributed by atoms with Crippen LogP contribution in [0.5, 0.6) is 5.75 Å². The topological polar surface area (TPSA) is 59.6 Å². The second kappa shape index (κ2) is 8.76. The number of ether oxygens (including phenoxy) is 2. The van der Waals surface area contributed by atoms with Crippen LogP contribution in [0.15, 0.2) is 24.3 Å². The molecule has 0 bridgehead atoms. The fraction of sp³-hybridized carbons (Fsp3) is 0.588. The first-order valence-corrected chi connectivity index (χ1v) is 7.98. The van der Waals surface area contributed by atoms with Crippen molar-refractivity contribution in [2.45, 2.75) is 32.8 Å². The Hall–Kier alpha value is -1.59. The molecule has 1 aromatic rings. The number of benzene rings is 1. The predicted octanol–water partition coefficient (Wildman–Crippen LogP) is 2.43. The second-order valence-corrected chi connectivity index (χ2v) is 6.05. The Balaban J connectivity index is 1.72. The second-order valence-electron chi connectivity index (χ2n) is 6.05. The van der Waals surface area contributed by atoms with Crippen LogP contribution in [0.1, 0.15) is 26.7 Å². The van der Waals surface area contributed by atoms with Crippen LogP contribution in [0.3, 0.4) is 0 Å². The molecule has 2 N–H and O–H groups in total. The van der Waals surface area contributed by atoms with Gasteiger partial charge in [0.05, 0.1) is 19.3 Å². The number of nitrogens with one attached hydrogen (secondary N) is 2. The van der Waals surface area contributed by atoms with Crippen molar-refractivity contribution < 1.29 is 14.3 Å². The van der Waals surface area contributed by atoms with Gasteiger partial charge < -0.3 is 20.1 Å². The lowest BCUT2D eigenvalue weighted by molar-refractivity contribution is -0.115. The van der Waals surface area contributed by atoms with Gasteiger partial charge in [-0.1, -0.05) is 19.9 Å². The Bertz CT molecular complexity index is 471. The Morgan fingerprint density at radius 1 is 1.45 bits per heavy atom. The van der Waals surface area contributed by atoms with E-state index < -0.39 is 0 Å². The minimum atomic E-state index is -0.0565. The Labute approximate surface area is 132 Å². The fourth-order valence-electron chi connectivity index (χ4n) is 2.28. The van der Waals surface area contributed by atoms with Crippen LogP contribution in [0.25, 0.3) is 0 Å². The van der Waals surface area contributed by atoms with E-state index in [0.717, 1.165) is 37.4 Å². The number of rotatable bonds is 8. The van der Waals surface area contributed by atoms with Crippen LogP contribution >= 0.6 is 0 Å². The van der Waals surface area contributed by atoms with Crippen LogP contribution in [0.2, 0.25) is 0 Å². The molecule has 1 atom stereocenters. The molecule has 1 aliphatic rings. The van der Waals surface area contributed by atoms with Crippen molar-refractivity contribution in [2.75, 3.05) is 31.6 Å². The van der Waals surface area contributed by atoms with Crippen LogP contribution in [0, 0.1) is 5.92 Å². The van der Waals surface area contributed by atoms with E-state index in [0.29, 0.717) is 12.5 Å². The van der Waals surface area contributed by atoms with Gasteiger partial charge in [0.25, 0.3) is 0 Å². The maximum atomic E-state index is 11.9. The molecule has 1 unspecified atom stereocenters. The summed E-state index contributed by atoms with van der Waals surface area (Å²) >= 11 is 0. The number of hydrogen-bond acceptors (Lipinski definition) is 4. The standard InChI is InChI=1S/C17H26N2O3/c1-13(2)12-22-15-6-3-5-14(9-15)19-17(20)11-18-10-16-7-4-8-21-16/h3,5-6,9,13,16,18H,4,7-8,10-12H2,1-2H3,(H,19,20). The van der Waals surface area contributed by atoms with Gasteiger partial charge in [0.2, 0.25) is 5.91 Å². The lowest BCUT2D eigenvalue weighted by Gasteiger charge is -2.12. The zero-order valence-electron chi connectivity index (χ0n) is 13.4. The van der Waals surface area contributed by atoms with Crippen molar-refractivity contribution >= 4 is 11.6 Å². The van der Waals surface area contributed by atoms with Crippen molar-refractivity contribution in [3.8, 4) is 5.75 Å². The molecule has 1 fully saturated rings. The molecule has 1 aliphatic heterocycles. The van der Waals surface area contributed by atoms with E-state index in [2.05, 4.69) is 24.5 Å². The third kappa shape index (κ3) is 6.03. The Kier molecular flexibility index (Phi) is 6.68. The van der Waals surface area contributed by atoms with Crippen LogP contribution < -0.4 is 15.4 Å². The average Bonchev–Trinajstić information content (AvgIpc) is 2.99. The smallest absolute Gasteiger partial charge is 0.238 e. The van der Waals surface area contributed by atoms with Crippen molar-refractivity contribution in [2.24, 2.45) is 5.92 Å². The Morgan fingerprint density at radius 3 is 3.05 bits per heavy atom. The van der Waals surface area contributed by atoms with E-state index in [9.17, 15) is 4.79 Å². The van der Waals surface area contributed by atoms with Gasteiger partial charge in [-0.25, -0.2) is 0 Å². The summed E-state index contributed by atoms with van der Waals surface area (Å²) in [5.41, 5.74) is 0.755. The minimum absolute atomic E-state index is 0.0565. The third-order valence-corrected chi connectivity index (χ3v) is 3.38. The van der Waals surface area contributed by atoms with Crippen molar-refractivity contribution in [1.82, 2.24) is 5.32 Å². The third-order valence-electron chi connectivity index (χ3n) is 3.38. The highest BCUT2D eigenvalue weighted by Crippen LogP contribution is 2.18. The number of hydrogen-bond donors (Lipinski definition) is 2. The molecular formula is C17H26N2O3. The van der Waals surface area contributed by atoms with Gasteiger partial charge in [-0.05, 0) is 30.9 Å². The van der Waals surface area contributed by atoms with E-state index in [1.165, 1.54) is 0 Å². The summed E-state index contributed by atoms with van der Waals surface area (Å²) in [7, 11) is 0. The number of carbonyl (C=O) groups excluding carboxylic acids is 1. The van der Waals surface area contributed by atoms with Crippen LogP contribution in [-0.4, -0.2) is 38.3 Å². The van der Waals surface area contributed by atoms with Gasteiger partial charge in [0, 0.05) is 24.9 Å². The molecule has 0 spiro atoms. The van der Waals surface area contributed by atoms with E-state index in [4.69, 9.17) is 9.47 Å². The maximum absolute atomic E-state index is 11.9. The molecule has 1 heterocycles. The quantitative estimate of drug-likeness (QED) is 0.774. The minimum Gasteiger partial charge on any atom is -0.493 e. The molecule has 122 valence electrons. The zero-order valence-corrected chi connectivity index (χ0v) is 13.4. The van der Waals surface area contributed by atoms with E-state index in [1.807, 2.05) is 24.3 Å². The lowest BCUT2D eigenvalue weighted by Crippen LogP contribution is -2.33. The highest BCUT2D eigenvalue weighted by atomic mass is 16.5. The van der Waals surface area contributed by atoms with E-state index in [1.54, 1.807) is 0 Å². The average molecular weight is 306 g/mol. The lowest BCUT2D eigenvalue weighted by atomic mass is 10.2. The molecule has 1 aromatic carbocycles. The summed E-state index contributed by atoms with van der Waals surface area (Å²) in [6.07, 6.45) is 2.44. The fourth-order valence-corrected chi connectivity index (χ4v) is 2.28. The SMILES string of the molecule is CC(C)COc1cccc(NC(=O)CNCC2CCCO2)c1. The van der Waals surface area contributed by atoms with Crippen molar-refractivity contribution in [3.63, 3.8) is 0 Å². The molecular weight excluding hydrogens is 280 g/mol. The molecule has 0 radical (unpaired) electrons. The van der Waals surface area contributed by atoms with E-state index in [-0.39, 0.29) is 18.6 Å². The molecule has 0 saturated carbocycles. The zero-order chi connectivity index (χ0) is 15.8. The van der Waals surface area contributed by atoms with Crippen molar-refractivity contribution in [1.29, 1.82) is 0 Å². The molecule has 1 amide bonds. The maximum Gasteiger partial charge on any atom is 0.238 e. The summed E-state index contributed by atoms with van der Waals surface area (Å²) in [5, 5.41) is 6.01. The summed E-state index contributed by atoms with van der Waals surface area (Å²) in [4.78, 5) is 11.9. The summed E-state index contributed by atoms with van der Waals surface area (Å²) in [6, 6.07) is 7.49. The van der Waals surface area contributed by atoms with Crippen molar-refractivity contribution in [3.05, 3.63) is 24.3 Å². The molecule has 0 aliphatic carbocycles. The number of anilines is 1. The van der Waals surface area contributed by atoms with Gasteiger partial charge >= 0.3 is 0 Å². The van der Waals surface area contributed by atoms with Gasteiger partial charge in [-0.2, -0.15) is 0 Å². The van der Waals surface area contributed by atoms with E-state index >= 15 is 0 Å². The highest BCUT2D eigenvalue weighted by Gasteiger charge is 2.15. The number of amides is 1. The van der Waals surface area contributed by atoms with Gasteiger partial charge in [-0.15, -0.1) is 0 Å². The summed E-state index contributed by atoms with van der Waals surface area (Å²) in [6.45, 7) is 6.72. The Morgan fingerprint density at radius 2 is 2.32 bits per heavy atom. The van der Waals surface area contributed by atoms with Gasteiger partial charge in [0.15, 0.2) is 0 Å². The van der Waals surface area contributed by atoms with Crippen LogP contribution in [-0.2, 0) is 9.53 Å². The molecule has 22 heavy (non-hydrogen) atoms. The first-order valence-electron chi connectivity index (χ1n) is 7.98. The van der Waals surface area contributed by atoms with Gasteiger partial charge in [-0.3, -0.25) is 4.79 Å². The summed E-state index contributed by atoms with van der Waals surface area (Å²) in [5.74, 6) is 1.19. The monoisotopic (exact) mass is 306 g/mol. The normalized spacial score (nSPS) is 17.7. The highest BCUT2D eigenvalue weighted by molar-refractivity contribution is 5.92. The molecule has 5 nitrogen and oxygen atoms in total. The molecule has 5 heteroatoms. The largest absolute Gasteiger partial charge is 0.493 e. The van der Waals surface area contributed by atoms with Gasteiger partial charge in [0.1, 0.15) is 5.75 Å². The predicted molar refractivity (Wildman–Crippen MR) is 87.2 cm³/mol. The molecule has 2 rings (SSSR count). The molecule has 0 aromatic heterocycles. The first kappa shape index (κ1) is 16.8. The number of carbonyl (C=O) groups is 1. The van der Waals surface area contributed by atoms with Crippen LogP contribution in [0.4, 0.5) is 5.69 Å². The molecule has 1 saturated heterocycles. The summed E-state index contributed by atoms with van der Waals surface area (Å²) < 4.78 is 11.2. The first-order chi connectivity index (χ1) is 10.6.